The van der Waals surface area contributed by atoms with Gasteiger partial charge in [-0.1, -0.05) is 84.9 Å². The first-order valence-corrected chi connectivity index (χ1v) is 14.9. The Morgan fingerprint density at radius 2 is 1.55 bits per heavy atom. The molecule has 3 aliphatic rings. The van der Waals surface area contributed by atoms with Gasteiger partial charge in [0.15, 0.2) is 28.7 Å². The molecule has 0 aromatic heterocycles. The molecule has 2 fully saturated rings. The number of phenolic OH excluding ortho intramolecular Hbond substituents is 1. The lowest BCUT2D eigenvalue weighted by molar-refractivity contribution is -0.222. The van der Waals surface area contributed by atoms with Crippen LogP contribution in [0.5, 0.6) is 5.75 Å². The normalized spacial score (nSPS) is 36.0. The number of aryl methyl sites for hydroxylation is 1. The topological polar surface area (TPSA) is 126 Å². The Labute approximate surface area is 246 Å². The van der Waals surface area contributed by atoms with Crippen molar-refractivity contribution >= 4 is 28.9 Å². The number of phenols is 1. The third-order valence-corrected chi connectivity index (χ3v) is 11.6. The molecular weight excluding hydrogens is 532 g/mol. The number of ketones is 5. The second-order valence-corrected chi connectivity index (χ2v) is 13.5. The Bertz CT molecular complexity index is 1550. The molecule has 0 radical (unpaired) electrons. The predicted molar refractivity (Wildman–Crippen MR) is 157 cm³/mol. The van der Waals surface area contributed by atoms with Crippen LogP contribution in [0, 0.1) is 40.4 Å². The molecule has 2 N–H and O–H groups in total. The molecule has 7 heteroatoms. The molecule has 0 saturated heterocycles. The molecule has 0 heterocycles. The zero-order valence-electron chi connectivity index (χ0n) is 25.6. The van der Waals surface area contributed by atoms with E-state index in [4.69, 9.17) is 0 Å². The number of aliphatic hydroxyl groups is 1. The monoisotopic (exact) mass is 572 g/mol. The van der Waals surface area contributed by atoms with Crippen molar-refractivity contribution in [2.75, 3.05) is 0 Å². The minimum absolute atomic E-state index is 0.0117. The maximum absolute atomic E-state index is 14.6. The number of carbonyl (C=O) groups is 5. The van der Waals surface area contributed by atoms with Crippen LogP contribution >= 0.6 is 0 Å². The maximum atomic E-state index is 14.6. The Hall–Kier alpha value is -3.45. The number of rotatable bonds is 4. The van der Waals surface area contributed by atoms with E-state index in [1.165, 1.54) is 0 Å². The fourth-order valence-corrected chi connectivity index (χ4v) is 8.95. The average Bonchev–Trinajstić information content (AvgIpc) is 2.93. The van der Waals surface area contributed by atoms with Gasteiger partial charge in [0.1, 0.15) is 17.5 Å². The Balaban J connectivity index is 1.76. The van der Waals surface area contributed by atoms with Crippen LogP contribution in [-0.4, -0.2) is 44.7 Å². The molecule has 3 aliphatic carbocycles. The molecule has 3 unspecified atom stereocenters. The van der Waals surface area contributed by atoms with Crippen LogP contribution in [0.15, 0.2) is 36.4 Å². The molecule has 5 rings (SSSR count). The van der Waals surface area contributed by atoms with E-state index in [9.17, 15) is 34.2 Å². The van der Waals surface area contributed by atoms with E-state index < -0.39 is 80.9 Å². The largest absolute Gasteiger partial charge is 0.507 e. The van der Waals surface area contributed by atoms with E-state index in [1.807, 2.05) is 51.1 Å². The summed E-state index contributed by atoms with van der Waals surface area (Å²) in [6.45, 7) is 13.8. The summed E-state index contributed by atoms with van der Waals surface area (Å²) in [6.07, 6.45) is 0.849. The number of aromatic hydroxyl groups is 1. The number of benzene rings is 2. The molecule has 0 aliphatic heterocycles. The summed E-state index contributed by atoms with van der Waals surface area (Å²) in [4.78, 5) is 69.4. The van der Waals surface area contributed by atoms with Crippen molar-refractivity contribution in [2.45, 2.75) is 73.3 Å². The van der Waals surface area contributed by atoms with E-state index in [0.717, 1.165) is 18.9 Å². The van der Waals surface area contributed by atoms with Crippen LogP contribution in [0.2, 0.25) is 0 Å². The van der Waals surface area contributed by atoms with Crippen molar-refractivity contribution in [1.29, 1.82) is 0 Å². The molecule has 8 atom stereocenters. The zero-order chi connectivity index (χ0) is 31.3. The second kappa shape index (κ2) is 9.53. The second-order valence-electron chi connectivity index (χ2n) is 13.5. The SMILES string of the molecule is CCc1ccc(-c2ccc3c(c2O)C(=O)C2C(=O)[C@@]4(O)C(=O)C(C(C)=O)C(=O)C(C(C)C)[C@@]4(C)[C@H](C)[C@@]2(C)[C@@H]3C)cc1. The van der Waals surface area contributed by atoms with Crippen molar-refractivity contribution < 1.29 is 34.2 Å². The third-order valence-electron chi connectivity index (χ3n) is 11.6. The van der Waals surface area contributed by atoms with Gasteiger partial charge in [-0.2, -0.15) is 0 Å². The lowest BCUT2D eigenvalue weighted by Gasteiger charge is -2.66. The average molecular weight is 573 g/mol. The summed E-state index contributed by atoms with van der Waals surface area (Å²) in [5.41, 5.74) is -2.54. The number of carbonyl (C=O) groups excluding carboxylic acids is 5. The molecule has 0 amide bonds. The summed E-state index contributed by atoms with van der Waals surface area (Å²) < 4.78 is 0. The van der Waals surface area contributed by atoms with Gasteiger partial charge in [0.05, 0.1) is 11.5 Å². The van der Waals surface area contributed by atoms with Crippen molar-refractivity contribution in [2.24, 2.45) is 40.4 Å². The zero-order valence-corrected chi connectivity index (χ0v) is 25.6. The lowest BCUT2D eigenvalue weighted by Crippen LogP contribution is -2.79. The Morgan fingerprint density at radius 3 is 2.07 bits per heavy atom. The third kappa shape index (κ3) is 3.40. The minimum Gasteiger partial charge on any atom is -0.507 e. The Kier molecular flexibility index (Phi) is 6.81. The summed E-state index contributed by atoms with van der Waals surface area (Å²) in [5, 5.41) is 23.9. The summed E-state index contributed by atoms with van der Waals surface area (Å²) >= 11 is 0. The van der Waals surface area contributed by atoms with Gasteiger partial charge in [0.2, 0.25) is 0 Å². The molecule has 0 spiro atoms. The van der Waals surface area contributed by atoms with Gasteiger partial charge in [-0.05, 0) is 53.2 Å². The number of Topliss-reactive ketones (excluding diaryl/α,β-unsaturated/α-hetero) is 5. The molecule has 2 aromatic rings. The molecule has 7 nitrogen and oxygen atoms in total. The van der Waals surface area contributed by atoms with Crippen LogP contribution in [0.4, 0.5) is 0 Å². The highest BCUT2D eigenvalue weighted by molar-refractivity contribution is 6.32. The van der Waals surface area contributed by atoms with Gasteiger partial charge in [0.25, 0.3) is 0 Å². The minimum atomic E-state index is -2.73. The van der Waals surface area contributed by atoms with E-state index in [-0.39, 0.29) is 11.3 Å². The first-order valence-electron chi connectivity index (χ1n) is 14.9. The van der Waals surface area contributed by atoms with Crippen LogP contribution < -0.4 is 0 Å². The number of fused-ring (bicyclic) bond motifs is 3. The first-order chi connectivity index (χ1) is 19.5. The van der Waals surface area contributed by atoms with Gasteiger partial charge in [-0.3, -0.25) is 24.0 Å². The van der Waals surface area contributed by atoms with Gasteiger partial charge < -0.3 is 10.2 Å². The predicted octanol–water partition coefficient (Wildman–Crippen LogP) is 5.13. The quantitative estimate of drug-likeness (QED) is 0.487. The number of hydrogen-bond acceptors (Lipinski definition) is 7. The first kappa shape index (κ1) is 30.0. The van der Waals surface area contributed by atoms with Crippen LogP contribution in [0.1, 0.15) is 82.8 Å². The highest BCUT2D eigenvalue weighted by Crippen LogP contribution is 2.69. The van der Waals surface area contributed by atoms with Gasteiger partial charge in [-0.25, -0.2) is 0 Å². The maximum Gasteiger partial charge on any atom is 0.190 e. The fourth-order valence-electron chi connectivity index (χ4n) is 8.95. The summed E-state index contributed by atoms with van der Waals surface area (Å²) in [6, 6.07) is 11.2. The molecule has 0 bridgehead atoms. The van der Waals surface area contributed by atoms with Crippen molar-refractivity contribution in [1.82, 2.24) is 0 Å². The standard InChI is InChI=1S/C35H40O7/c1-9-20-10-12-21(13-11-20)23-15-14-22-17(4)33(7)19(6)34(8)26(16(2)3)29(38)24(18(5)36)31(40)35(34,42)32(41)27(33)30(39)25(22)28(23)37/h10-17,19,24,26-27,37,42H,9H2,1-8H3/t17-,19-,24?,26?,27?,33-,34-,35+/m1/s1. The van der Waals surface area contributed by atoms with E-state index in [0.29, 0.717) is 16.7 Å². The molecule has 2 saturated carbocycles. The van der Waals surface area contributed by atoms with Gasteiger partial charge >= 0.3 is 0 Å². The van der Waals surface area contributed by atoms with Crippen LogP contribution in [0.25, 0.3) is 11.1 Å². The summed E-state index contributed by atoms with van der Waals surface area (Å²) in [7, 11) is 0. The molecule has 222 valence electrons. The highest BCUT2D eigenvalue weighted by Gasteiger charge is 2.79. The lowest BCUT2D eigenvalue weighted by atomic mass is 9.35. The fraction of sp³-hybridized carbons (Fsp3) is 0.514. The molecule has 42 heavy (non-hydrogen) atoms. The van der Waals surface area contributed by atoms with E-state index >= 15 is 0 Å². The van der Waals surface area contributed by atoms with Crippen LogP contribution in [0.3, 0.4) is 0 Å². The molecule has 2 aromatic carbocycles. The molecular formula is C35H40O7. The van der Waals surface area contributed by atoms with Gasteiger partial charge in [0, 0.05) is 16.9 Å². The highest BCUT2D eigenvalue weighted by atomic mass is 16.3. The van der Waals surface area contributed by atoms with Crippen LogP contribution in [-0.2, 0) is 25.6 Å². The smallest absolute Gasteiger partial charge is 0.190 e. The van der Waals surface area contributed by atoms with Crippen molar-refractivity contribution in [3.8, 4) is 16.9 Å². The number of hydrogen-bond donors (Lipinski definition) is 2. The Morgan fingerprint density at radius 1 is 0.952 bits per heavy atom. The van der Waals surface area contributed by atoms with Gasteiger partial charge in [-0.15, -0.1) is 0 Å². The summed E-state index contributed by atoms with van der Waals surface area (Å²) in [5.74, 6) is -10.1. The van der Waals surface area contributed by atoms with Crippen molar-refractivity contribution in [3.63, 3.8) is 0 Å². The van der Waals surface area contributed by atoms with E-state index in [1.54, 1.807) is 33.8 Å². The van der Waals surface area contributed by atoms with E-state index in [2.05, 4.69) is 0 Å². The van der Waals surface area contributed by atoms with Crippen molar-refractivity contribution in [3.05, 3.63) is 53.1 Å².